The molecule has 0 saturated carbocycles. The zero-order chi connectivity index (χ0) is 11.3. The van der Waals surface area contributed by atoms with Gasteiger partial charge < -0.3 is 10.5 Å². The Morgan fingerprint density at radius 1 is 1.33 bits per heavy atom. The summed E-state index contributed by atoms with van der Waals surface area (Å²) in [6, 6.07) is 6.60. The summed E-state index contributed by atoms with van der Waals surface area (Å²) >= 11 is 0. The average Bonchev–Trinajstić information content (AvgIpc) is 2.26. The maximum atomic E-state index is 11.7. The predicted molar refractivity (Wildman–Crippen MR) is 58.7 cm³/mol. The molecule has 2 N–H and O–H groups in total. The summed E-state index contributed by atoms with van der Waals surface area (Å²) in [7, 11) is -3.23. The quantitative estimate of drug-likeness (QED) is 0.811. The Labute approximate surface area is 90.0 Å². The first-order valence-electron chi connectivity index (χ1n) is 4.76. The Morgan fingerprint density at radius 2 is 2.00 bits per heavy atom. The van der Waals surface area contributed by atoms with Gasteiger partial charge >= 0.3 is 0 Å². The van der Waals surface area contributed by atoms with E-state index in [0.717, 1.165) is 0 Å². The van der Waals surface area contributed by atoms with Crippen LogP contribution in [0.25, 0.3) is 0 Å². The van der Waals surface area contributed by atoms with E-state index >= 15 is 0 Å². The van der Waals surface area contributed by atoms with Crippen LogP contribution in [0.1, 0.15) is 6.92 Å². The molecule has 0 aromatic heterocycles. The fourth-order valence-electron chi connectivity index (χ4n) is 1.15. The van der Waals surface area contributed by atoms with E-state index in [1.807, 2.05) is 0 Å². The maximum Gasteiger partial charge on any atom is 0.181 e. The molecule has 0 atom stereocenters. The number of sulfone groups is 1. The van der Waals surface area contributed by atoms with Gasteiger partial charge in [-0.2, -0.15) is 0 Å². The molecule has 4 nitrogen and oxygen atoms in total. The highest BCUT2D eigenvalue weighted by Crippen LogP contribution is 2.23. The zero-order valence-corrected chi connectivity index (χ0v) is 9.46. The lowest BCUT2D eigenvalue weighted by atomic mass is 10.3. The minimum Gasteiger partial charge on any atom is -0.491 e. The second kappa shape index (κ2) is 5.14. The Morgan fingerprint density at radius 3 is 2.60 bits per heavy atom. The summed E-state index contributed by atoms with van der Waals surface area (Å²) in [5, 5.41) is 0. The van der Waals surface area contributed by atoms with Crippen LogP contribution in [-0.4, -0.2) is 27.3 Å². The largest absolute Gasteiger partial charge is 0.491 e. The van der Waals surface area contributed by atoms with Gasteiger partial charge in [-0.25, -0.2) is 8.42 Å². The Balaban J connectivity index is 3.07. The Kier molecular flexibility index (Phi) is 4.11. The minimum absolute atomic E-state index is 0.0655. The molecule has 0 unspecified atom stereocenters. The van der Waals surface area contributed by atoms with Crippen molar-refractivity contribution in [1.29, 1.82) is 0 Å². The standard InChI is InChI=1S/C10H15NO3S/c1-2-15(12,13)10-6-4-3-5-9(10)14-8-7-11/h3-6H,2,7-8,11H2,1H3. The Bertz CT molecular complexity index is 414. The van der Waals surface area contributed by atoms with Crippen LogP contribution in [0.2, 0.25) is 0 Å². The summed E-state index contributed by atoms with van der Waals surface area (Å²) in [6.07, 6.45) is 0. The van der Waals surface area contributed by atoms with Gasteiger partial charge in [0.25, 0.3) is 0 Å². The Hall–Kier alpha value is -1.07. The van der Waals surface area contributed by atoms with Gasteiger partial charge in [0, 0.05) is 6.54 Å². The monoisotopic (exact) mass is 229 g/mol. The average molecular weight is 229 g/mol. The highest BCUT2D eigenvalue weighted by Gasteiger charge is 2.16. The number of nitrogens with two attached hydrogens (primary N) is 1. The molecule has 1 aromatic carbocycles. The summed E-state index contributed by atoms with van der Waals surface area (Å²) in [4.78, 5) is 0.237. The topological polar surface area (TPSA) is 69.4 Å². The van der Waals surface area contributed by atoms with Crippen LogP contribution in [0, 0.1) is 0 Å². The first-order valence-corrected chi connectivity index (χ1v) is 6.41. The first-order chi connectivity index (χ1) is 7.11. The number of ether oxygens (including phenoxy) is 1. The molecule has 84 valence electrons. The van der Waals surface area contributed by atoms with Crippen LogP contribution in [-0.2, 0) is 9.84 Å². The number of hydrogen-bond donors (Lipinski definition) is 1. The van der Waals surface area contributed by atoms with Crippen molar-refractivity contribution in [3.05, 3.63) is 24.3 Å². The van der Waals surface area contributed by atoms with Crippen molar-refractivity contribution in [2.75, 3.05) is 18.9 Å². The molecule has 0 aliphatic carbocycles. The molecule has 0 amide bonds. The highest BCUT2D eigenvalue weighted by atomic mass is 32.2. The maximum absolute atomic E-state index is 11.7. The fourth-order valence-corrected chi connectivity index (χ4v) is 2.18. The fraction of sp³-hybridized carbons (Fsp3) is 0.400. The van der Waals surface area contributed by atoms with Gasteiger partial charge in [0.15, 0.2) is 9.84 Å². The molecule has 0 aliphatic heterocycles. The highest BCUT2D eigenvalue weighted by molar-refractivity contribution is 7.91. The van der Waals surface area contributed by atoms with E-state index in [4.69, 9.17) is 10.5 Å². The van der Waals surface area contributed by atoms with E-state index in [2.05, 4.69) is 0 Å². The van der Waals surface area contributed by atoms with Crippen molar-refractivity contribution in [2.24, 2.45) is 5.73 Å². The second-order valence-corrected chi connectivity index (χ2v) is 5.23. The molecule has 1 aromatic rings. The van der Waals surface area contributed by atoms with Crippen LogP contribution >= 0.6 is 0 Å². The van der Waals surface area contributed by atoms with E-state index in [1.54, 1.807) is 31.2 Å². The van der Waals surface area contributed by atoms with Crippen LogP contribution in [0.15, 0.2) is 29.2 Å². The molecule has 1 rings (SSSR count). The molecule has 15 heavy (non-hydrogen) atoms. The van der Waals surface area contributed by atoms with Crippen LogP contribution in [0.4, 0.5) is 0 Å². The van der Waals surface area contributed by atoms with Gasteiger partial charge in [-0.3, -0.25) is 0 Å². The van der Waals surface area contributed by atoms with Crippen LogP contribution < -0.4 is 10.5 Å². The van der Waals surface area contributed by atoms with Crippen molar-refractivity contribution in [2.45, 2.75) is 11.8 Å². The molecule has 5 heteroatoms. The van der Waals surface area contributed by atoms with Crippen molar-refractivity contribution < 1.29 is 13.2 Å². The van der Waals surface area contributed by atoms with Gasteiger partial charge in [0.1, 0.15) is 17.3 Å². The SMILES string of the molecule is CCS(=O)(=O)c1ccccc1OCCN. The third kappa shape index (κ3) is 2.94. The summed E-state index contributed by atoms with van der Waals surface area (Å²) in [5.74, 6) is 0.445. The van der Waals surface area contributed by atoms with Crippen molar-refractivity contribution >= 4 is 9.84 Å². The lowest BCUT2D eigenvalue weighted by Gasteiger charge is -2.09. The summed E-state index contributed by atoms with van der Waals surface area (Å²) in [6.45, 7) is 2.28. The lowest BCUT2D eigenvalue weighted by molar-refractivity contribution is 0.320. The molecule has 0 aliphatic rings. The molecule has 0 heterocycles. The molecular formula is C10H15NO3S. The minimum atomic E-state index is -3.23. The predicted octanol–water partition coefficient (Wildman–Crippen LogP) is 0.818. The molecule has 0 radical (unpaired) electrons. The molecule has 0 spiro atoms. The van der Waals surface area contributed by atoms with Gasteiger partial charge in [-0.15, -0.1) is 0 Å². The molecule has 0 saturated heterocycles. The summed E-state index contributed by atoms with van der Waals surface area (Å²) < 4.78 is 28.6. The number of rotatable bonds is 5. The molecular weight excluding hydrogens is 214 g/mol. The van der Waals surface area contributed by atoms with Gasteiger partial charge in [0.05, 0.1) is 5.75 Å². The van der Waals surface area contributed by atoms with Crippen LogP contribution in [0.5, 0.6) is 5.75 Å². The van der Waals surface area contributed by atoms with E-state index in [0.29, 0.717) is 18.9 Å². The number of para-hydroxylation sites is 1. The van der Waals surface area contributed by atoms with E-state index < -0.39 is 9.84 Å². The van der Waals surface area contributed by atoms with E-state index in [1.165, 1.54) is 0 Å². The van der Waals surface area contributed by atoms with Gasteiger partial charge in [-0.05, 0) is 12.1 Å². The normalized spacial score (nSPS) is 11.3. The zero-order valence-electron chi connectivity index (χ0n) is 8.64. The van der Waals surface area contributed by atoms with Gasteiger partial charge in [0.2, 0.25) is 0 Å². The third-order valence-electron chi connectivity index (χ3n) is 1.94. The molecule has 0 bridgehead atoms. The lowest BCUT2D eigenvalue weighted by Crippen LogP contribution is -2.13. The van der Waals surface area contributed by atoms with Crippen LogP contribution in [0.3, 0.4) is 0 Å². The van der Waals surface area contributed by atoms with Gasteiger partial charge in [-0.1, -0.05) is 19.1 Å². The van der Waals surface area contributed by atoms with Crippen molar-refractivity contribution in [1.82, 2.24) is 0 Å². The number of hydrogen-bond acceptors (Lipinski definition) is 4. The van der Waals surface area contributed by atoms with E-state index in [-0.39, 0.29) is 10.6 Å². The van der Waals surface area contributed by atoms with Crippen molar-refractivity contribution in [3.8, 4) is 5.75 Å². The smallest absolute Gasteiger partial charge is 0.181 e. The van der Waals surface area contributed by atoms with E-state index in [9.17, 15) is 8.42 Å². The number of benzene rings is 1. The second-order valence-electron chi connectivity index (χ2n) is 2.99. The first kappa shape index (κ1) is 12.0. The van der Waals surface area contributed by atoms with Crippen molar-refractivity contribution in [3.63, 3.8) is 0 Å². The molecule has 0 fully saturated rings. The third-order valence-corrected chi connectivity index (χ3v) is 3.71. The summed E-state index contributed by atoms with van der Waals surface area (Å²) in [5.41, 5.74) is 5.29.